The van der Waals surface area contributed by atoms with Crippen molar-refractivity contribution in [1.82, 2.24) is 0 Å². The van der Waals surface area contributed by atoms with Crippen molar-refractivity contribution in [2.75, 3.05) is 0 Å². The van der Waals surface area contributed by atoms with Gasteiger partial charge in [0.1, 0.15) is 0 Å². The summed E-state index contributed by atoms with van der Waals surface area (Å²) >= 11 is 0. The zero-order valence-corrected chi connectivity index (χ0v) is 11.4. The molecule has 0 aromatic rings. The van der Waals surface area contributed by atoms with Crippen LogP contribution in [0.2, 0.25) is 0 Å². The molecule has 0 heteroatoms. The van der Waals surface area contributed by atoms with Crippen molar-refractivity contribution in [3.8, 4) is 0 Å². The average molecular weight is 196 g/mol. The van der Waals surface area contributed by atoms with E-state index in [9.17, 15) is 0 Å². The molecular formula is C14H28. The van der Waals surface area contributed by atoms with E-state index in [1.807, 2.05) is 0 Å². The first-order valence-electron chi connectivity index (χ1n) is 5.85. The lowest BCUT2D eigenvalue weighted by Crippen LogP contribution is -2.33. The van der Waals surface area contributed by atoms with Crippen molar-refractivity contribution in [1.29, 1.82) is 0 Å². The summed E-state index contributed by atoms with van der Waals surface area (Å²) in [6.45, 7) is 18.6. The predicted octanol–water partition coefficient (Wildman–Crippen LogP) is 5.05. The predicted molar refractivity (Wildman–Crippen MR) is 66.4 cm³/mol. The zero-order valence-electron chi connectivity index (χ0n) is 11.4. The summed E-state index contributed by atoms with van der Waals surface area (Å²) in [6.07, 6.45) is 3.56. The Morgan fingerprint density at radius 2 is 1.50 bits per heavy atom. The molecule has 0 aromatic carbocycles. The first-order valence-corrected chi connectivity index (χ1v) is 5.85. The van der Waals surface area contributed by atoms with Crippen molar-refractivity contribution in [3.63, 3.8) is 0 Å². The summed E-state index contributed by atoms with van der Waals surface area (Å²) in [5.41, 5.74) is 2.22. The Labute approximate surface area is 90.8 Å². The Morgan fingerprint density at radius 3 is 1.71 bits per heavy atom. The molecule has 0 bridgehead atoms. The van der Waals surface area contributed by atoms with Gasteiger partial charge in [0, 0.05) is 0 Å². The molecule has 0 nitrogen and oxygen atoms in total. The van der Waals surface area contributed by atoms with Gasteiger partial charge in [-0.05, 0) is 23.2 Å². The smallest absolute Gasteiger partial charge is 0.00936 e. The fourth-order valence-electron chi connectivity index (χ4n) is 1.87. The fourth-order valence-corrected chi connectivity index (χ4v) is 1.87. The fraction of sp³-hybridized carbons (Fsp3) is 0.857. The second kappa shape index (κ2) is 4.51. The Morgan fingerprint density at radius 1 is 1.07 bits per heavy atom. The molecule has 0 heterocycles. The number of hydrogen-bond acceptors (Lipinski definition) is 0. The van der Waals surface area contributed by atoms with Gasteiger partial charge in [-0.3, -0.25) is 0 Å². The first kappa shape index (κ1) is 13.7. The minimum atomic E-state index is 0.289. The maximum atomic E-state index is 2.41. The van der Waals surface area contributed by atoms with Gasteiger partial charge in [0.05, 0.1) is 0 Å². The maximum Gasteiger partial charge on any atom is -0.00936 e. The third-order valence-corrected chi connectivity index (χ3v) is 3.64. The molecule has 0 atom stereocenters. The normalized spacial score (nSPS) is 15.1. The van der Waals surface area contributed by atoms with E-state index in [-0.39, 0.29) is 5.41 Å². The van der Waals surface area contributed by atoms with Crippen LogP contribution in [0.5, 0.6) is 0 Å². The Bertz CT molecular complexity index is 199. The van der Waals surface area contributed by atoms with Gasteiger partial charge in [0.15, 0.2) is 0 Å². The highest BCUT2D eigenvalue weighted by atomic mass is 14.4. The molecule has 0 aliphatic rings. The summed E-state index contributed by atoms with van der Waals surface area (Å²) in [5, 5.41) is 0. The SMILES string of the molecule is CCC=C(C(C)C)C(C)(C)C(C)(C)C. The largest absolute Gasteiger partial charge is 0.0848 e. The Hall–Kier alpha value is -0.260. The van der Waals surface area contributed by atoms with Crippen LogP contribution >= 0.6 is 0 Å². The molecule has 0 aliphatic carbocycles. The Balaban J connectivity index is 5.12. The zero-order chi connectivity index (χ0) is 11.6. The van der Waals surface area contributed by atoms with Gasteiger partial charge >= 0.3 is 0 Å². The lowest BCUT2D eigenvalue weighted by atomic mass is 9.62. The molecule has 0 fully saturated rings. The monoisotopic (exact) mass is 196 g/mol. The molecule has 0 aromatic heterocycles. The molecule has 0 aliphatic heterocycles. The molecule has 0 radical (unpaired) electrons. The molecule has 0 rings (SSSR count). The van der Waals surface area contributed by atoms with E-state index in [0.717, 1.165) is 6.42 Å². The molecule has 0 amide bonds. The van der Waals surface area contributed by atoms with Crippen LogP contribution in [0.1, 0.15) is 61.8 Å². The number of allylic oxidation sites excluding steroid dienone is 2. The number of rotatable bonds is 3. The van der Waals surface area contributed by atoms with Crippen molar-refractivity contribution >= 4 is 0 Å². The summed E-state index contributed by atoms with van der Waals surface area (Å²) in [4.78, 5) is 0. The van der Waals surface area contributed by atoms with Gasteiger partial charge in [0.2, 0.25) is 0 Å². The second-order valence-corrected chi connectivity index (χ2v) is 6.10. The summed E-state index contributed by atoms with van der Waals surface area (Å²) in [7, 11) is 0. The van der Waals surface area contributed by atoms with Crippen molar-refractivity contribution in [2.24, 2.45) is 16.7 Å². The van der Waals surface area contributed by atoms with Crippen LogP contribution in [-0.4, -0.2) is 0 Å². The molecule has 14 heavy (non-hydrogen) atoms. The van der Waals surface area contributed by atoms with Crippen LogP contribution in [0.15, 0.2) is 11.6 Å². The van der Waals surface area contributed by atoms with Crippen molar-refractivity contribution in [3.05, 3.63) is 11.6 Å². The first-order chi connectivity index (χ1) is 6.14. The Kier molecular flexibility index (Phi) is 4.42. The summed E-state index contributed by atoms with van der Waals surface area (Å²) in [6, 6.07) is 0. The van der Waals surface area contributed by atoms with Gasteiger partial charge in [-0.1, -0.05) is 67.0 Å². The minimum Gasteiger partial charge on any atom is -0.0848 e. The van der Waals surface area contributed by atoms with Crippen LogP contribution in [0, 0.1) is 16.7 Å². The molecule has 0 saturated carbocycles. The van der Waals surface area contributed by atoms with Gasteiger partial charge in [-0.25, -0.2) is 0 Å². The highest BCUT2D eigenvalue weighted by Gasteiger charge is 2.36. The van der Waals surface area contributed by atoms with E-state index >= 15 is 0 Å². The van der Waals surface area contributed by atoms with Crippen molar-refractivity contribution in [2.45, 2.75) is 61.8 Å². The van der Waals surface area contributed by atoms with Gasteiger partial charge < -0.3 is 0 Å². The highest BCUT2D eigenvalue weighted by molar-refractivity contribution is 5.17. The van der Waals surface area contributed by atoms with Crippen LogP contribution in [0.25, 0.3) is 0 Å². The molecule has 84 valence electrons. The number of hydrogen-bond donors (Lipinski definition) is 0. The molecule has 0 unspecified atom stereocenters. The van der Waals surface area contributed by atoms with Gasteiger partial charge in [-0.2, -0.15) is 0 Å². The quantitative estimate of drug-likeness (QED) is 0.554. The van der Waals surface area contributed by atoms with Gasteiger partial charge in [0.25, 0.3) is 0 Å². The van der Waals surface area contributed by atoms with Crippen LogP contribution in [-0.2, 0) is 0 Å². The van der Waals surface area contributed by atoms with Crippen LogP contribution < -0.4 is 0 Å². The standard InChI is InChI=1S/C14H28/c1-9-10-12(11(2)3)14(7,8)13(4,5)6/h10-11H,9H2,1-8H3. The molecular weight excluding hydrogens is 168 g/mol. The van der Waals surface area contributed by atoms with Gasteiger partial charge in [-0.15, -0.1) is 0 Å². The van der Waals surface area contributed by atoms with E-state index in [1.54, 1.807) is 5.57 Å². The molecule has 0 N–H and O–H groups in total. The van der Waals surface area contributed by atoms with E-state index in [2.05, 4.69) is 61.5 Å². The maximum absolute atomic E-state index is 2.41. The third kappa shape index (κ3) is 2.87. The highest BCUT2D eigenvalue weighted by Crippen LogP contribution is 2.46. The topological polar surface area (TPSA) is 0 Å². The summed E-state index contributed by atoms with van der Waals surface area (Å²) < 4.78 is 0. The molecule has 0 spiro atoms. The van der Waals surface area contributed by atoms with Crippen molar-refractivity contribution < 1.29 is 0 Å². The minimum absolute atomic E-state index is 0.289. The van der Waals surface area contributed by atoms with E-state index in [0.29, 0.717) is 11.3 Å². The second-order valence-electron chi connectivity index (χ2n) is 6.10. The third-order valence-electron chi connectivity index (χ3n) is 3.64. The van der Waals surface area contributed by atoms with Crippen LogP contribution in [0.3, 0.4) is 0 Å². The van der Waals surface area contributed by atoms with E-state index in [4.69, 9.17) is 0 Å². The lowest BCUT2D eigenvalue weighted by molar-refractivity contribution is 0.164. The average Bonchev–Trinajstić information content (AvgIpc) is 1.96. The van der Waals surface area contributed by atoms with E-state index in [1.165, 1.54) is 0 Å². The van der Waals surface area contributed by atoms with E-state index < -0.39 is 0 Å². The summed E-state index contributed by atoms with van der Waals surface area (Å²) in [5.74, 6) is 0.657. The molecule has 0 saturated heterocycles. The lowest BCUT2D eigenvalue weighted by Gasteiger charge is -2.43. The van der Waals surface area contributed by atoms with Crippen LogP contribution in [0.4, 0.5) is 0 Å².